The molecule has 1 rings (SSSR count). The van der Waals surface area contributed by atoms with E-state index < -0.39 is 60.3 Å². The Morgan fingerprint density at radius 3 is 1.08 bits per heavy atom. The SMILES string of the molecule is C=C(C)c1cc(C(C)(C)OCC(O)(C(F)(F)F)C(F)(F)F)cc(C(C)(C)OCC(O)(C(F)(F)F)C(F)(F)F)c1. The second-order valence-corrected chi connectivity index (χ2v) is 9.89. The van der Waals surface area contributed by atoms with Crippen LogP contribution < -0.4 is 0 Å². The number of allylic oxidation sites excluding steroid dienone is 1. The normalized spacial score (nSPS) is 15.1. The minimum atomic E-state index is -6.18. The van der Waals surface area contributed by atoms with E-state index in [1.165, 1.54) is 19.1 Å². The molecule has 0 aliphatic carbocycles. The predicted molar refractivity (Wildman–Crippen MR) is 113 cm³/mol. The van der Waals surface area contributed by atoms with Crippen molar-refractivity contribution in [2.75, 3.05) is 13.2 Å². The van der Waals surface area contributed by atoms with Crippen molar-refractivity contribution in [1.29, 1.82) is 0 Å². The van der Waals surface area contributed by atoms with E-state index in [1.807, 2.05) is 0 Å². The van der Waals surface area contributed by atoms with Crippen LogP contribution in [0.5, 0.6) is 0 Å². The van der Waals surface area contributed by atoms with Gasteiger partial charge in [-0.3, -0.25) is 0 Å². The van der Waals surface area contributed by atoms with Gasteiger partial charge in [0.25, 0.3) is 11.2 Å². The van der Waals surface area contributed by atoms with Crippen LogP contribution in [-0.2, 0) is 20.7 Å². The molecule has 0 bridgehead atoms. The average molecular weight is 594 g/mol. The van der Waals surface area contributed by atoms with Crippen molar-refractivity contribution in [3.63, 3.8) is 0 Å². The van der Waals surface area contributed by atoms with Gasteiger partial charge >= 0.3 is 24.7 Å². The monoisotopic (exact) mass is 594 g/mol. The van der Waals surface area contributed by atoms with Gasteiger partial charge in [-0.1, -0.05) is 18.2 Å². The summed E-state index contributed by atoms with van der Waals surface area (Å²) in [5.74, 6) is 0. The molecule has 39 heavy (non-hydrogen) atoms. The van der Waals surface area contributed by atoms with Crippen molar-refractivity contribution < 1.29 is 72.4 Å². The fourth-order valence-corrected chi connectivity index (χ4v) is 2.95. The Bertz CT molecular complexity index is 933. The Balaban J connectivity index is 3.52. The zero-order valence-electron chi connectivity index (χ0n) is 21.1. The first-order chi connectivity index (χ1) is 16.9. The summed E-state index contributed by atoms with van der Waals surface area (Å²) >= 11 is 0. The van der Waals surface area contributed by atoms with E-state index in [0.717, 1.165) is 33.8 Å². The summed E-state index contributed by atoms with van der Waals surface area (Å²) < 4.78 is 166. The zero-order chi connectivity index (χ0) is 31.3. The molecule has 4 nitrogen and oxygen atoms in total. The summed E-state index contributed by atoms with van der Waals surface area (Å²) in [5.41, 5.74) is -14.6. The lowest BCUT2D eigenvalue weighted by Gasteiger charge is -2.37. The molecule has 0 radical (unpaired) electrons. The van der Waals surface area contributed by atoms with Crippen molar-refractivity contribution >= 4 is 5.57 Å². The van der Waals surface area contributed by atoms with E-state index in [2.05, 4.69) is 6.58 Å². The van der Waals surface area contributed by atoms with Gasteiger partial charge in [-0.2, -0.15) is 52.7 Å². The third-order valence-electron chi connectivity index (χ3n) is 5.98. The molecular weight excluding hydrogens is 568 g/mol. The molecule has 0 amide bonds. The van der Waals surface area contributed by atoms with Gasteiger partial charge in [-0.05, 0) is 63.4 Å². The van der Waals surface area contributed by atoms with Gasteiger partial charge in [0.05, 0.1) is 24.4 Å². The zero-order valence-corrected chi connectivity index (χ0v) is 21.1. The Morgan fingerprint density at radius 1 is 0.615 bits per heavy atom. The van der Waals surface area contributed by atoms with Gasteiger partial charge in [-0.15, -0.1) is 0 Å². The maximum atomic E-state index is 13.1. The summed E-state index contributed by atoms with van der Waals surface area (Å²) in [7, 11) is 0. The van der Waals surface area contributed by atoms with Crippen LogP contribution in [0.15, 0.2) is 24.8 Å². The minimum absolute atomic E-state index is 0.125. The number of aliphatic hydroxyl groups is 2. The molecule has 16 heteroatoms. The first-order valence-corrected chi connectivity index (χ1v) is 10.7. The van der Waals surface area contributed by atoms with E-state index in [4.69, 9.17) is 9.47 Å². The van der Waals surface area contributed by atoms with Crippen LogP contribution in [0.2, 0.25) is 0 Å². The summed E-state index contributed by atoms with van der Waals surface area (Å²) in [6, 6.07) is 3.40. The average Bonchev–Trinajstić information content (AvgIpc) is 2.72. The molecule has 0 unspecified atom stereocenters. The van der Waals surface area contributed by atoms with Crippen LogP contribution in [0, 0.1) is 0 Å². The number of hydrogen-bond donors (Lipinski definition) is 2. The molecular formula is C23H26F12O4. The second-order valence-electron chi connectivity index (χ2n) is 9.89. The van der Waals surface area contributed by atoms with Crippen molar-refractivity contribution in [3.8, 4) is 0 Å². The van der Waals surface area contributed by atoms with E-state index in [-0.39, 0.29) is 22.3 Å². The van der Waals surface area contributed by atoms with E-state index in [0.29, 0.717) is 0 Å². The third-order valence-corrected chi connectivity index (χ3v) is 5.98. The smallest absolute Gasteiger partial charge is 0.372 e. The second kappa shape index (κ2) is 10.4. The van der Waals surface area contributed by atoms with Gasteiger partial charge in [0.2, 0.25) is 0 Å². The molecule has 0 saturated heterocycles. The summed E-state index contributed by atoms with van der Waals surface area (Å²) in [4.78, 5) is 0. The quantitative estimate of drug-likeness (QED) is 0.305. The molecule has 2 N–H and O–H groups in total. The van der Waals surface area contributed by atoms with Crippen LogP contribution in [0.4, 0.5) is 52.7 Å². The maximum Gasteiger partial charge on any atom is 0.428 e. The minimum Gasteiger partial charge on any atom is -0.372 e. The largest absolute Gasteiger partial charge is 0.428 e. The van der Waals surface area contributed by atoms with Crippen LogP contribution in [-0.4, -0.2) is 59.3 Å². The van der Waals surface area contributed by atoms with Gasteiger partial charge in [0, 0.05) is 0 Å². The first kappa shape index (κ1) is 35.0. The van der Waals surface area contributed by atoms with Crippen molar-refractivity contribution in [1.82, 2.24) is 0 Å². The van der Waals surface area contributed by atoms with Crippen molar-refractivity contribution in [3.05, 3.63) is 41.5 Å². The Kier molecular flexibility index (Phi) is 9.34. The fourth-order valence-electron chi connectivity index (χ4n) is 2.95. The fraction of sp³-hybridized carbons (Fsp3) is 0.652. The Hall–Kier alpha value is -2.04. The lowest BCUT2D eigenvalue weighted by molar-refractivity contribution is -0.383. The van der Waals surface area contributed by atoms with Crippen LogP contribution in [0.3, 0.4) is 0 Å². The molecule has 0 aromatic heterocycles. The molecule has 0 spiro atoms. The number of benzene rings is 1. The third kappa shape index (κ3) is 7.19. The maximum absolute atomic E-state index is 13.1. The van der Waals surface area contributed by atoms with Crippen molar-refractivity contribution in [2.24, 2.45) is 0 Å². The molecule has 0 heterocycles. The molecule has 0 fully saturated rings. The number of alkyl halides is 12. The molecule has 0 saturated carbocycles. The molecule has 1 aromatic carbocycles. The number of halogens is 12. The van der Waals surface area contributed by atoms with E-state index in [1.54, 1.807) is 0 Å². The summed E-state index contributed by atoms with van der Waals surface area (Å²) in [6.45, 7) is 4.48. The highest BCUT2D eigenvalue weighted by Gasteiger charge is 2.72. The molecule has 0 atom stereocenters. The lowest BCUT2D eigenvalue weighted by Crippen LogP contribution is -2.60. The molecule has 1 aromatic rings. The Labute approximate surface area is 215 Å². The predicted octanol–water partition coefficient (Wildman–Crippen LogP) is 6.93. The van der Waals surface area contributed by atoms with Gasteiger partial charge in [0.1, 0.15) is 0 Å². The van der Waals surface area contributed by atoms with Gasteiger partial charge in [-0.25, -0.2) is 0 Å². The van der Waals surface area contributed by atoms with Gasteiger partial charge < -0.3 is 19.7 Å². The highest BCUT2D eigenvalue weighted by molar-refractivity contribution is 5.63. The topological polar surface area (TPSA) is 58.9 Å². The summed E-state index contributed by atoms with van der Waals surface area (Å²) in [5, 5.41) is 18.8. The van der Waals surface area contributed by atoms with Gasteiger partial charge in [0.15, 0.2) is 0 Å². The van der Waals surface area contributed by atoms with Crippen LogP contribution >= 0.6 is 0 Å². The molecule has 0 aliphatic heterocycles. The van der Waals surface area contributed by atoms with E-state index >= 15 is 0 Å². The number of hydrogen-bond acceptors (Lipinski definition) is 4. The molecule has 226 valence electrons. The summed E-state index contributed by atoms with van der Waals surface area (Å²) in [6.07, 6.45) is -24.7. The highest BCUT2D eigenvalue weighted by Crippen LogP contribution is 2.46. The number of rotatable bonds is 9. The van der Waals surface area contributed by atoms with Crippen LogP contribution in [0.1, 0.15) is 51.3 Å². The van der Waals surface area contributed by atoms with Crippen LogP contribution in [0.25, 0.3) is 5.57 Å². The highest BCUT2D eigenvalue weighted by atomic mass is 19.4. The number of ether oxygens (including phenoxy) is 2. The first-order valence-electron chi connectivity index (χ1n) is 10.7. The van der Waals surface area contributed by atoms with Crippen molar-refractivity contribution in [2.45, 2.75) is 81.7 Å². The van der Waals surface area contributed by atoms with E-state index in [9.17, 15) is 62.9 Å². The standard InChI is InChI=1S/C23H26F12O4/c1-12(2)13-7-14(16(3,4)38-10-18(36,20(24,25)26)21(27,28)29)9-15(8-13)17(5,6)39-11-19(37,22(30,31)32)23(33,34)35/h7-9,36-37H,1,10-11H2,2-6H3. The Morgan fingerprint density at radius 2 is 0.872 bits per heavy atom. The lowest BCUT2D eigenvalue weighted by atomic mass is 9.87. The molecule has 0 aliphatic rings.